The fraction of sp³-hybridized carbons (Fsp3) is 0.375. The molecule has 6 heteroatoms. The minimum atomic E-state index is 0.0513. The molecule has 1 atom stereocenters. The van der Waals surface area contributed by atoms with E-state index in [1.54, 1.807) is 18.0 Å². The van der Waals surface area contributed by atoms with Crippen molar-refractivity contribution in [3.8, 4) is 0 Å². The number of aromatic nitrogens is 2. The summed E-state index contributed by atoms with van der Waals surface area (Å²) in [6, 6.07) is 7.75. The largest absolute Gasteiger partial charge is 0.355 e. The van der Waals surface area contributed by atoms with Gasteiger partial charge < -0.3 is 9.88 Å². The van der Waals surface area contributed by atoms with Crippen molar-refractivity contribution in [3.63, 3.8) is 0 Å². The Balaban J connectivity index is 1.40. The van der Waals surface area contributed by atoms with Crippen molar-refractivity contribution in [2.45, 2.75) is 24.3 Å². The maximum atomic E-state index is 12.2. The van der Waals surface area contributed by atoms with Crippen molar-refractivity contribution in [3.05, 3.63) is 47.5 Å². The smallest absolute Gasteiger partial charge is 0.223 e. The predicted octanol–water partition coefficient (Wildman–Crippen LogP) is 3.01. The number of carbonyl (C=O) groups is 1. The number of amides is 1. The first-order chi connectivity index (χ1) is 10.7. The highest BCUT2D eigenvalue weighted by Gasteiger charge is 2.24. The molecular formula is C16H18ClN3OS. The van der Waals surface area contributed by atoms with E-state index in [0.717, 1.165) is 36.0 Å². The van der Waals surface area contributed by atoms with Crippen LogP contribution in [0.25, 0.3) is 0 Å². The summed E-state index contributed by atoms with van der Waals surface area (Å²) in [4.78, 5) is 17.7. The standard InChI is InChI=1S/C16H18ClN3OS/c17-13-1-3-14(4-2-13)22-10-7-19-16(21)12-5-8-20-9-6-18-15(20)11-12/h1-4,6,9,12H,5,7-8,10-11H2,(H,19,21)/t12-/m0/s1. The van der Waals surface area contributed by atoms with Gasteiger partial charge in [0, 0.05) is 53.5 Å². The van der Waals surface area contributed by atoms with Crippen molar-refractivity contribution in [2.75, 3.05) is 12.3 Å². The van der Waals surface area contributed by atoms with E-state index in [1.165, 1.54) is 4.90 Å². The third kappa shape index (κ3) is 3.84. The van der Waals surface area contributed by atoms with E-state index in [4.69, 9.17) is 11.6 Å². The minimum Gasteiger partial charge on any atom is -0.355 e. The fourth-order valence-electron chi connectivity index (χ4n) is 2.59. The Morgan fingerprint density at radius 1 is 1.41 bits per heavy atom. The van der Waals surface area contributed by atoms with Crippen LogP contribution < -0.4 is 5.32 Å². The Bertz CT molecular complexity index is 641. The van der Waals surface area contributed by atoms with Gasteiger partial charge in [0.25, 0.3) is 0 Å². The van der Waals surface area contributed by atoms with Gasteiger partial charge in [-0.1, -0.05) is 11.6 Å². The molecule has 1 aromatic carbocycles. The number of hydrogen-bond acceptors (Lipinski definition) is 3. The molecule has 1 aliphatic heterocycles. The summed E-state index contributed by atoms with van der Waals surface area (Å²) in [7, 11) is 0. The van der Waals surface area contributed by atoms with Crippen LogP contribution in [0.4, 0.5) is 0 Å². The second-order valence-electron chi connectivity index (χ2n) is 5.32. The highest BCUT2D eigenvalue weighted by molar-refractivity contribution is 7.99. The molecule has 1 N–H and O–H groups in total. The Morgan fingerprint density at radius 3 is 3.05 bits per heavy atom. The zero-order valence-electron chi connectivity index (χ0n) is 12.2. The molecule has 1 amide bonds. The van der Waals surface area contributed by atoms with E-state index in [0.29, 0.717) is 6.54 Å². The Hall–Kier alpha value is -1.46. The van der Waals surface area contributed by atoms with Crippen LogP contribution in [0.15, 0.2) is 41.6 Å². The second-order valence-corrected chi connectivity index (χ2v) is 6.92. The van der Waals surface area contributed by atoms with Crippen molar-refractivity contribution >= 4 is 29.3 Å². The molecule has 0 unspecified atom stereocenters. The third-order valence-corrected chi connectivity index (χ3v) is 5.07. The van der Waals surface area contributed by atoms with Gasteiger partial charge in [-0.05, 0) is 30.7 Å². The lowest BCUT2D eigenvalue weighted by Crippen LogP contribution is -2.36. The molecule has 0 saturated heterocycles. The van der Waals surface area contributed by atoms with Crippen molar-refractivity contribution < 1.29 is 4.79 Å². The molecule has 3 rings (SSSR count). The summed E-state index contributed by atoms with van der Waals surface area (Å²) >= 11 is 7.57. The summed E-state index contributed by atoms with van der Waals surface area (Å²) in [6.45, 7) is 1.56. The normalized spacial score (nSPS) is 17.0. The zero-order chi connectivity index (χ0) is 15.4. The minimum absolute atomic E-state index is 0.0513. The van der Waals surface area contributed by atoms with Gasteiger partial charge >= 0.3 is 0 Å². The number of thioether (sulfide) groups is 1. The maximum Gasteiger partial charge on any atom is 0.223 e. The van der Waals surface area contributed by atoms with Crippen LogP contribution in [0.5, 0.6) is 0 Å². The predicted molar refractivity (Wildman–Crippen MR) is 89.2 cm³/mol. The first-order valence-corrected chi connectivity index (χ1v) is 8.75. The molecule has 4 nitrogen and oxygen atoms in total. The average Bonchev–Trinajstić information content (AvgIpc) is 3.00. The van der Waals surface area contributed by atoms with Gasteiger partial charge in [0.1, 0.15) is 5.82 Å². The van der Waals surface area contributed by atoms with Crippen molar-refractivity contribution in [1.29, 1.82) is 0 Å². The molecule has 0 fully saturated rings. The van der Waals surface area contributed by atoms with Gasteiger partial charge in [-0.2, -0.15) is 0 Å². The van der Waals surface area contributed by atoms with Crippen LogP contribution in [0.3, 0.4) is 0 Å². The van der Waals surface area contributed by atoms with Crippen LogP contribution in [0, 0.1) is 5.92 Å². The molecule has 0 radical (unpaired) electrons. The number of fused-ring (bicyclic) bond motifs is 1. The molecule has 2 aromatic rings. The van der Waals surface area contributed by atoms with Gasteiger partial charge in [0.05, 0.1) is 0 Å². The van der Waals surface area contributed by atoms with E-state index >= 15 is 0 Å². The van der Waals surface area contributed by atoms with Crippen molar-refractivity contribution in [2.24, 2.45) is 5.92 Å². The molecule has 1 aliphatic rings. The van der Waals surface area contributed by atoms with Crippen LogP contribution in [-0.2, 0) is 17.8 Å². The number of halogens is 1. The van der Waals surface area contributed by atoms with E-state index in [9.17, 15) is 4.79 Å². The summed E-state index contributed by atoms with van der Waals surface area (Å²) < 4.78 is 2.13. The monoisotopic (exact) mass is 335 g/mol. The lowest BCUT2D eigenvalue weighted by Gasteiger charge is -2.22. The van der Waals surface area contributed by atoms with Gasteiger partial charge in [-0.15, -0.1) is 11.8 Å². The lowest BCUT2D eigenvalue weighted by molar-refractivity contribution is -0.125. The quantitative estimate of drug-likeness (QED) is 0.675. The van der Waals surface area contributed by atoms with E-state index in [2.05, 4.69) is 14.9 Å². The SMILES string of the molecule is O=C(NCCSc1ccc(Cl)cc1)[C@H]1CCn2ccnc2C1. The van der Waals surface area contributed by atoms with Crippen LogP contribution in [0.1, 0.15) is 12.2 Å². The fourth-order valence-corrected chi connectivity index (χ4v) is 3.49. The molecule has 0 bridgehead atoms. The van der Waals surface area contributed by atoms with Crippen LogP contribution in [0.2, 0.25) is 5.02 Å². The molecule has 2 heterocycles. The summed E-state index contributed by atoms with van der Waals surface area (Å²) in [6.07, 6.45) is 5.41. The van der Waals surface area contributed by atoms with Crippen molar-refractivity contribution in [1.82, 2.24) is 14.9 Å². The average molecular weight is 336 g/mol. The molecule has 1 aromatic heterocycles. The number of rotatable bonds is 5. The van der Waals surface area contributed by atoms with E-state index in [-0.39, 0.29) is 11.8 Å². The van der Waals surface area contributed by atoms with Gasteiger partial charge in [0.2, 0.25) is 5.91 Å². The molecule has 0 spiro atoms. The van der Waals surface area contributed by atoms with Crippen LogP contribution in [-0.4, -0.2) is 27.8 Å². The second kappa shape index (κ2) is 7.20. The first-order valence-electron chi connectivity index (χ1n) is 7.38. The molecular weight excluding hydrogens is 318 g/mol. The van der Waals surface area contributed by atoms with Gasteiger partial charge in [0.15, 0.2) is 0 Å². The number of hydrogen-bond donors (Lipinski definition) is 1. The molecule has 0 saturated carbocycles. The third-order valence-electron chi connectivity index (χ3n) is 3.80. The van der Waals surface area contributed by atoms with E-state index in [1.807, 2.05) is 30.5 Å². The maximum absolute atomic E-state index is 12.2. The highest BCUT2D eigenvalue weighted by atomic mass is 35.5. The van der Waals surface area contributed by atoms with E-state index < -0.39 is 0 Å². The summed E-state index contributed by atoms with van der Waals surface area (Å²) in [5.41, 5.74) is 0. The number of nitrogens with one attached hydrogen (secondary N) is 1. The summed E-state index contributed by atoms with van der Waals surface area (Å²) in [5.74, 6) is 2.07. The number of imidazole rings is 1. The first kappa shape index (κ1) is 15.4. The highest BCUT2D eigenvalue weighted by Crippen LogP contribution is 2.21. The van der Waals surface area contributed by atoms with Gasteiger partial charge in [-0.25, -0.2) is 4.98 Å². The Labute approximate surface area is 139 Å². The topological polar surface area (TPSA) is 46.9 Å². The zero-order valence-corrected chi connectivity index (χ0v) is 13.7. The number of benzene rings is 1. The molecule has 22 heavy (non-hydrogen) atoms. The van der Waals surface area contributed by atoms with Crippen LogP contribution >= 0.6 is 23.4 Å². The number of nitrogens with zero attached hydrogens (tertiary/aromatic N) is 2. The van der Waals surface area contributed by atoms with Gasteiger partial charge in [-0.3, -0.25) is 4.79 Å². The Kier molecular flexibility index (Phi) is 5.05. The number of aryl methyl sites for hydroxylation is 1. The summed E-state index contributed by atoms with van der Waals surface area (Å²) in [5, 5.41) is 3.78. The molecule has 0 aliphatic carbocycles. The Morgan fingerprint density at radius 2 is 2.23 bits per heavy atom. The molecule has 116 valence electrons. The lowest BCUT2D eigenvalue weighted by atomic mass is 9.97. The number of carbonyl (C=O) groups excluding carboxylic acids is 1.